The average molecular weight is 258 g/mol. The normalized spacial score (nSPS) is 13.8. The Balaban J connectivity index is 2.06. The largest absolute Gasteiger partial charge is 0.491 e. The number of hydrogen-bond donors (Lipinski definition) is 2. The molecule has 19 heavy (non-hydrogen) atoms. The Morgan fingerprint density at radius 1 is 0.895 bits per heavy atom. The van der Waals surface area contributed by atoms with Gasteiger partial charge >= 0.3 is 0 Å². The summed E-state index contributed by atoms with van der Waals surface area (Å²) in [5.74, 6) is 0.685. The maximum absolute atomic E-state index is 10.2. The molecule has 0 aliphatic rings. The molecule has 0 saturated carbocycles. The summed E-state index contributed by atoms with van der Waals surface area (Å²) in [6.07, 6.45) is -1.12. The molecule has 2 aromatic rings. The first-order valence-electron chi connectivity index (χ1n) is 6.30. The summed E-state index contributed by atoms with van der Waals surface area (Å²) in [5, 5.41) is 19.4. The Labute approximate surface area is 113 Å². The van der Waals surface area contributed by atoms with E-state index in [4.69, 9.17) is 9.84 Å². The van der Waals surface area contributed by atoms with Crippen LogP contribution in [0, 0.1) is 0 Å². The number of aliphatic hydroxyl groups excluding tert-OH is 2. The van der Waals surface area contributed by atoms with Crippen molar-refractivity contribution in [2.75, 3.05) is 6.61 Å². The molecule has 2 rings (SSSR count). The number of rotatable bonds is 5. The van der Waals surface area contributed by atoms with Crippen LogP contribution in [-0.4, -0.2) is 22.9 Å². The topological polar surface area (TPSA) is 49.7 Å². The molecule has 3 nitrogen and oxygen atoms in total. The zero-order chi connectivity index (χ0) is 13.7. The third-order valence-electron chi connectivity index (χ3n) is 2.80. The van der Waals surface area contributed by atoms with Gasteiger partial charge in [-0.15, -0.1) is 0 Å². The molecule has 0 radical (unpaired) electrons. The van der Waals surface area contributed by atoms with E-state index in [-0.39, 0.29) is 6.61 Å². The van der Waals surface area contributed by atoms with E-state index < -0.39 is 12.2 Å². The monoisotopic (exact) mass is 258 g/mol. The van der Waals surface area contributed by atoms with Crippen LogP contribution < -0.4 is 4.74 Å². The first kappa shape index (κ1) is 13.6. The fourth-order valence-corrected chi connectivity index (χ4v) is 1.79. The van der Waals surface area contributed by atoms with E-state index in [0.717, 1.165) is 11.1 Å². The maximum Gasteiger partial charge on any atom is 0.119 e. The van der Waals surface area contributed by atoms with Gasteiger partial charge in [0.05, 0.1) is 6.10 Å². The molecule has 0 bridgehead atoms. The summed E-state index contributed by atoms with van der Waals surface area (Å²) >= 11 is 0. The predicted octanol–water partition coefficient (Wildman–Crippen LogP) is 2.53. The van der Waals surface area contributed by atoms with Gasteiger partial charge in [0.1, 0.15) is 18.5 Å². The Kier molecular flexibility index (Phi) is 4.55. The van der Waals surface area contributed by atoms with Gasteiger partial charge < -0.3 is 14.9 Å². The molecule has 0 fully saturated rings. The fourth-order valence-electron chi connectivity index (χ4n) is 1.79. The number of benzene rings is 2. The molecule has 0 aromatic heterocycles. The summed E-state index contributed by atoms with van der Waals surface area (Å²) in [6, 6.07) is 16.8. The second-order valence-electron chi connectivity index (χ2n) is 4.54. The van der Waals surface area contributed by atoms with E-state index in [0.29, 0.717) is 5.75 Å². The molecular formula is C16H18O3. The highest BCUT2D eigenvalue weighted by molar-refractivity contribution is 5.33. The van der Waals surface area contributed by atoms with Crippen molar-refractivity contribution in [1.29, 1.82) is 0 Å². The number of ether oxygens (including phenoxy) is 1. The third-order valence-corrected chi connectivity index (χ3v) is 2.80. The summed E-state index contributed by atoms with van der Waals surface area (Å²) in [4.78, 5) is 0. The highest BCUT2D eigenvalue weighted by atomic mass is 16.5. The second kappa shape index (κ2) is 6.36. The van der Waals surface area contributed by atoms with Crippen molar-refractivity contribution < 1.29 is 14.9 Å². The van der Waals surface area contributed by atoms with Crippen LogP contribution >= 0.6 is 0 Å². The van der Waals surface area contributed by atoms with Crippen molar-refractivity contribution in [3.8, 4) is 5.75 Å². The van der Waals surface area contributed by atoms with Gasteiger partial charge in [-0.2, -0.15) is 0 Å². The molecule has 2 N–H and O–H groups in total. The first-order valence-corrected chi connectivity index (χ1v) is 6.30. The van der Waals surface area contributed by atoms with Crippen LogP contribution in [0.5, 0.6) is 5.75 Å². The van der Waals surface area contributed by atoms with E-state index >= 15 is 0 Å². The Morgan fingerprint density at radius 3 is 2.05 bits per heavy atom. The van der Waals surface area contributed by atoms with Gasteiger partial charge in [0, 0.05) is 0 Å². The van der Waals surface area contributed by atoms with Gasteiger partial charge in [-0.3, -0.25) is 0 Å². The molecule has 2 aromatic carbocycles. The Morgan fingerprint density at radius 2 is 1.47 bits per heavy atom. The maximum atomic E-state index is 10.2. The minimum Gasteiger partial charge on any atom is -0.491 e. The number of hydrogen-bond acceptors (Lipinski definition) is 3. The van der Waals surface area contributed by atoms with E-state index in [1.54, 1.807) is 19.1 Å². The Hall–Kier alpha value is -1.84. The molecule has 2 unspecified atom stereocenters. The van der Waals surface area contributed by atoms with Crippen LogP contribution in [0.4, 0.5) is 0 Å². The van der Waals surface area contributed by atoms with E-state index in [1.807, 2.05) is 42.5 Å². The second-order valence-corrected chi connectivity index (χ2v) is 4.54. The quantitative estimate of drug-likeness (QED) is 0.866. The van der Waals surface area contributed by atoms with Gasteiger partial charge in [-0.1, -0.05) is 42.5 Å². The van der Waals surface area contributed by atoms with Crippen molar-refractivity contribution in [3.63, 3.8) is 0 Å². The summed E-state index contributed by atoms with van der Waals surface area (Å²) < 4.78 is 5.38. The van der Waals surface area contributed by atoms with Crippen LogP contribution in [0.15, 0.2) is 54.6 Å². The van der Waals surface area contributed by atoms with Crippen LogP contribution in [0.25, 0.3) is 0 Å². The van der Waals surface area contributed by atoms with Gasteiger partial charge in [-0.25, -0.2) is 0 Å². The lowest BCUT2D eigenvalue weighted by Crippen LogP contribution is -2.12. The SMILES string of the molecule is CC(O)COc1ccc(C(O)c2ccccc2)cc1. The highest BCUT2D eigenvalue weighted by Gasteiger charge is 2.09. The lowest BCUT2D eigenvalue weighted by Gasteiger charge is -2.13. The van der Waals surface area contributed by atoms with Crippen molar-refractivity contribution in [1.82, 2.24) is 0 Å². The molecule has 0 spiro atoms. The van der Waals surface area contributed by atoms with Crippen molar-refractivity contribution in [2.24, 2.45) is 0 Å². The molecule has 2 atom stereocenters. The zero-order valence-electron chi connectivity index (χ0n) is 10.9. The van der Waals surface area contributed by atoms with Gasteiger partial charge in [-0.05, 0) is 30.2 Å². The molecule has 0 aliphatic heterocycles. The minimum atomic E-state index is -0.632. The molecule has 3 heteroatoms. The third kappa shape index (κ3) is 3.81. The summed E-state index contributed by atoms with van der Waals surface area (Å²) in [6.45, 7) is 1.94. The van der Waals surface area contributed by atoms with E-state index in [9.17, 15) is 5.11 Å². The lowest BCUT2D eigenvalue weighted by molar-refractivity contribution is 0.122. The smallest absolute Gasteiger partial charge is 0.119 e. The van der Waals surface area contributed by atoms with Crippen molar-refractivity contribution in [3.05, 3.63) is 65.7 Å². The molecule has 0 amide bonds. The molecular weight excluding hydrogens is 240 g/mol. The van der Waals surface area contributed by atoms with Gasteiger partial charge in [0.15, 0.2) is 0 Å². The Bertz CT molecular complexity index is 491. The van der Waals surface area contributed by atoms with E-state index in [1.165, 1.54) is 0 Å². The average Bonchev–Trinajstić information content (AvgIpc) is 2.46. The van der Waals surface area contributed by atoms with E-state index in [2.05, 4.69) is 0 Å². The van der Waals surface area contributed by atoms with Crippen LogP contribution in [0.1, 0.15) is 24.2 Å². The van der Waals surface area contributed by atoms with Crippen molar-refractivity contribution in [2.45, 2.75) is 19.1 Å². The van der Waals surface area contributed by atoms with Crippen molar-refractivity contribution >= 4 is 0 Å². The highest BCUT2D eigenvalue weighted by Crippen LogP contribution is 2.23. The van der Waals surface area contributed by atoms with Crippen LogP contribution in [0.3, 0.4) is 0 Å². The predicted molar refractivity (Wildman–Crippen MR) is 74.1 cm³/mol. The lowest BCUT2D eigenvalue weighted by atomic mass is 10.0. The fraction of sp³-hybridized carbons (Fsp3) is 0.250. The molecule has 0 heterocycles. The molecule has 0 aliphatic carbocycles. The standard InChI is InChI=1S/C16H18O3/c1-12(17)11-19-15-9-7-14(8-10-15)16(18)13-5-3-2-4-6-13/h2-10,12,16-18H,11H2,1H3. The van der Waals surface area contributed by atoms with Crippen LogP contribution in [0.2, 0.25) is 0 Å². The van der Waals surface area contributed by atoms with Gasteiger partial charge in [0.2, 0.25) is 0 Å². The summed E-state index contributed by atoms with van der Waals surface area (Å²) in [5.41, 5.74) is 1.68. The van der Waals surface area contributed by atoms with Crippen LogP contribution in [-0.2, 0) is 0 Å². The molecule has 0 saturated heterocycles. The zero-order valence-corrected chi connectivity index (χ0v) is 10.9. The van der Waals surface area contributed by atoms with Gasteiger partial charge in [0.25, 0.3) is 0 Å². The minimum absolute atomic E-state index is 0.264. The summed E-state index contributed by atoms with van der Waals surface area (Å²) in [7, 11) is 0. The number of aliphatic hydroxyl groups is 2. The molecule has 100 valence electrons. The first-order chi connectivity index (χ1) is 9.16.